The van der Waals surface area contributed by atoms with E-state index in [0.717, 1.165) is 64.2 Å². The van der Waals surface area contributed by atoms with Gasteiger partial charge in [-0.1, -0.05) is 213 Å². The van der Waals surface area contributed by atoms with Crippen molar-refractivity contribution < 1.29 is 52.6 Å². The summed E-state index contributed by atoms with van der Waals surface area (Å²) in [7, 11) is -5.21. The fourth-order valence-electron chi connectivity index (χ4n) is 9.01. The molecule has 66 heavy (non-hydrogen) atoms. The number of hydrogen-bond donors (Lipinski definition) is 4. The predicted molar refractivity (Wildman–Crippen MR) is 267 cm³/mol. The van der Waals surface area contributed by atoms with Gasteiger partial charge >= 0.3 is 19.8 Å². The van der Waals surface area contributed by atoms with E-state index < -0.39 is 68.1 Å². The van der Waals surface area contributed by atoms with E-state index in [1.807, 2.05) is 0 Å². The fraction of sp³-hybridized carbons (Fsp3) is 0.943. The van der Waals surface area contributed by atoms with Gasteiger partial charge in [0.25, 0.3) is 0 Å². The van der Waals surface area contributed by atoms with Crippen molar-refractivity contribution in [3.05, 3.63) is 0 Å². The molecule has 1 fully saturated rings. The van der Waals surface area contributed by atoms with Crippen LogP contribution in [-0.2, 0) is 37.7 Å². The van der Waals surface area contributed by atoms with Crippen LogP contribution in [0.1, 0.15) is 266 Å². The lowest BCUT2D eigenvalue weighted by molar-refractivity contribution is -0.195. The molecule has 0 saturated carbocycles. The number of carbonyl (C=O) groups is 3. The Labute approximate surface area is 403 Å². The highest BCUT2D eigenvalue weighted by Crippen LogP contribution is 2.42. The van der Waals surface area contributed by atoms with E-state index >= 15 is 0 Å². The number of phosphoric ester groups is 1. The van der Waals surface area contributed by atoms with E-state index in [1.165, 1.54) is 141 Å². The highest BCUT2D eigenvalue weighted by atomic mass is 31.2. The average Bonchev–Trinajstić information content (AvgIpc) is 3.25. The zero-order chi connectivity index (χ0) is 48.9. The van der Waals surface area contributed by atoms with E-state index in [1.54, 1.807) is 20.8 Å². The maximum absolute atomic E-state index is 14.0. The van der Waals surface area contributed by atoms with Crippen LogP contribution in [-0.4, -0.2) is 76.4 Å². The maximum Gasteiger partial charge on any atom is 0.470 e. The van der Waals surface area contributed by atoms with Crippen molar-refractivity contribution in [3.63, 3.8) is 0 Å². The Bertz CT molecular complexity index is 1260. The number of amides is 1. The highest BCUT2D eigenvalue weighted by molar-refractivity contribution is 7.46. The molecule has 0 aromatic heterocycles. The van der Waals surface area contributed by atoms with Gasteiger partial charge in [-0.2, -0.15) is 0 Å². The molecule has 1 amide bonds. The molecule has 13 heteroatoms. The Balaban J connectivity index is 3.06. The summed E-state index contributed by atoms with van der Waals surface area (Å²) in [5.74, 6) is -1.53. The lowest BCUT2D eigenvalue weighted by atomic mass is 9.91. The average molecular weight is 960 g/mol. The third-order valence-corrected chi connectivity index (χ3v) is 13.7. The Kier molecular flexibility index (Phi) is 37.1. The Hall–Kier alpha value is -1.56. The van der Waals surface area contributed by atoms with Gasteiger partial charge in [0.2, 0.25) is 5.91 Å². The largest absolute Gasteiger partial charge is 0.470 e. The molecule has 0 bridgehead atoms. The van der Waals surface area contributed by atoms with Crippen molar-refractivity contribution in [1.82, 2.24) is 5.32 Å². The molecule has 1 rings (SSSR count). The van der Waals surface area contributed by atoms with Crippen LogP contribution in [0, 0.1) is 11.3 Å². The number of ether oxygens (including phenoxy) is 3. The Morgan fingerprint density at radius 2 is 1.00 bits per heavy atom. The number of phosphoric acid groups is 1. The number of rotatable bonds is 43. The van der Waals surface area contributed by atoms with Gasteiger partial charge < -0.3 is 34.4 Å². The first-order chi connectivity index (χ1) is 31.6. The lowest BCUT2D eigenvalue weighted by Crippen LogP contribution is -2.62. The molecule has 0 radical (unpaired) electrons. The quantitative estimate of drug-likeness (QED) is 0.0260. The summed E-state index contributed by atoms with van der Waals surface area (Å²) in [5, 5.41) is 13.6. The minimum atomic E-state index is -5.21. The van der Waals surface area contributed by atoms with Gasteiger partial charge in [-0.25, -0.2) is 4.57 Å². The lowest BCUT2D eigenvalue weighted by Gasteiger charge is -2.42. The maximum atomic E-state index is 14.0. The van der Waals surface area contributed by atoms with Gasteiger partial charge in [0.05, 0.1) is 30.6 Å². The third kappa shape index (κ3) is 33.9. The Morgan fingerprint density at radius 3 is 1.39 bits per heavy atom. The highest BCUT2D eigenvalue weighted by Gasteiger charge is 2.48. The summed E-state index contributed by atoms with van der Waals surface area (Å²) in [6.45, 7) is 11.1. The second-order valence-corrected chi connectivity index (χ2v) is 21.9. The molecule has 6 atom stereocenters. The summed E-state index contributed by atoms with van der Waals surface area (Å²) in [6.07, 6.45) is 33.2. The first-order valence-electron chi connectivity index (χ1n) is 27.3. The molecule has 1 aliphatic rings. The van der Waals surface area contributed by atoms with Crippen LogP contribution in [0.2, 0.25) is 0 Å². The number of nitrogens with one attached hydrogen (secondary N) is 1. The van der Waals surface area contributed by atoms with E-state index in [9.17, 15) is 33.8 Å². The van der Waals surface area contributed by atoms with Gasteiger partial charge in [0, 0.05) is 6.42 Å². The topological polar surface area (TPSA) is 178 Å². The monoisotopic (exact) mass is 960 g/mol. The number of aliphatic hydroxyl groups excluding tert-OH is 1. The molecule has 4 N–H and O–H groups in total. The summed E-state index contributed by atoms with van der Waals surface area (Å²) in [4.78, 5) is 60.4. The molecule has 1 heterocycles. The van der Waals surface area contributed by atoms with Crippen molar-refractivity contribution in [3.8, 4) is 0 Å². The second kappa shape index (κ2) is 39.2. The van der Waals surface area contributed by atoms with Crippen molar-refractivity contribution in [1.29, 1.82) is 0 Å². The van der Waals surface area contributed by atoms with Gasteiger partial charge in [0.1, 0.15) is 18.8 Å². The van der Waals surface area contributed by atoms with Gasteiger partial charge in [-0.3, -0.25) is 18.9 Å². The third-order valence-electron chi connectivity index (χ3n) is 13.1. The Morgan fingerprint density at radius 1 is 0.606 bits per heavy atom. The van der Waals surface area contributed by atoms with Crippen molar-refractivity contribution in [2.24, 2.45) is 11.3 Å². The SMILES string of the molecule is CCCCCCCCCCCCCCC(CCCCCCCCCCC)CC(=O)O[C@H]1[C@H](OP(=O)(O)O)[C@@H](COC(=O)C(C)(C)C)OC[C@@H]1NC(=O)C[C@H](O)CCCCCCCCCCC. The molecule has 12 nitrogen and oxygen atoms in total. The standard InChI is InChI=1S/C53H102NO11P/c1-7-10-13-16-19-22-23-24-27-29-32-35-38-44(37-34-31-28-25-20-17-14-11-8-2)40-49(57)64-50-46(54-48(56)41-45(55)39-36-33-30-26-21-18-15-12-9-3)42-62-47(51(50)65-66(59,60)61)43-63-52(58)53(4,5)6/h44-47,50-51,55H,7-43H2,1-6H3,(H,54,56)(H2,59,60,61)/t44?,45-,46+,47-,50-,51-/m1/s1. The van der Waals surface area contributed by atoms with E-state index in [0.29, 0.717) is 6.42 Å². The summed E-state index contributed by atoms with van der Waals surface area (Å²) in [6, 6.07) is -1.04. The smallest absolute Gasteiger partial charge is 0.462 e. The number of carbonyl (C=O) groups excluding carboxylic acids is 3. The van der Waals surface area contributed by atoms with Crippen molar-refractivity contribution >= 4 is 25.7 Å². The van der Waals surface area contributed by atoms with Crippen LogP contribution in [0.15, 0.2) is 0 Å². The summed E-state index contributed by atoms with van der Waals surface area (Å²) >= 11 is 0. The first-order valence-corrected chi connectivity index (χ1v) is 28.8. The number of unbranched alkanes of at least 4 members (excludes halogenated alkanes) is 27. The van der Waals surface area contributed by atoms with Crippen molar-refractivity contribution in [2.45, 2.75) is 297 Å². The molecule has 0 aliphatic carbocycles. The molecule has 0 aromatic carbocycles. The van der Waals surface area contributed by atoms with Crippen LogP contribution in [0.4, 0.5) is 0 Å². The zero-order valence-electron chi connectivity index (χ0n) is 43.2. The molecular weight excluding hydrogens is 858 g/mol. The van der Waals surface area contributed by atoms with Gasteiger partial charge in [-0.15, -0.1) is 0 Å². The molecule has 390 valence electrons. The molecule has 1 aliphatic heterocycles. The van der Waals surface area contributed by atoms with E-state index in [4.69, 9.17) is 18.7 Å². The van der Waals surface area contributed by atoms with Crippen LogP contribution in [0.3, 0.4) is 0 Å². The van der Waals surface area contributed by atoms with Gasteiger partial charge in [0.15, 0.2) is 6.10 Å². The fourth-order valence-corrected chi connectivity index (χ4v) is 9.58. The minimum Gasteiger partial charge on any atom is -0.462 e. The van der Waals surface area contributed by atoms with Crippen LogP contribution >= 0.6 is 7.82 Å². The number of hydrogen-bond acceptors (Lipinski definition) is 9. The molecule has 1 unspecified atom stereocenters. The van der Waals surface area contributed by atoms with Crippen molar-refractivity contribution in [2.75, 3.05) is 13.2 Å². The summed E-state index contributed by atoms with van der Waals surface area (Å²) < 4.78 is 35.4. The predicted octanol–water partition coefficient (Wildman–Crippen LogP) is 13.5. The molecule has 0 spiro atoms. The molecule has 1 saturated heterocycles. The van der Waals surface area contributed by atoms with Gasteiger partial charge in [-0.05, 0) is 46.0 Å². The number of aliphatic hydroxyl groups is 1. The van der Waals surface area contributed by atoms with E-state index in [-0.39, 0.29) is 25.4 Å². The molecule has 0 aromatic rings. The second-order valence-electron chi connectivity index (χ2n) is 20.7. The minimum absolute atomic E-state index is 0.0685. The van der Waals surface area contributed by atoms with Crippen LogP contribution in [0.25, 0.3) is 0 Å². The van der Waals surface area contributed by atoms with Crippen LogP contribution < -0.4 is 5.32 Å². The number of esters is 2. The first kappa shape index (κ1) is 62.5. The van der Waals surface area contributed by atoms with Crippen LogP contribution in [0.5, 0.6) is 0 Å². The molecular formula is C53H102NO11P. The normalized spacial score (nSPS) is 18.8. The zero-order valence-corrected chi connectivity index (χ0v) is 44.1. The summed E-state index contributed by atoms with van der Waals surface area (Å²) in [5.41, 5.74) is -0.858. The van der Waals surface area contributed by atoms with E-state index in [2.05, 4.69) is 26.1 Å².